The summed E-state index contributed by atoms with van der Waals surface area (Å²) in [6.45, 7) is 1.94. The number of thiophene rings is 1. The van der Waals surface area contributed by atoms with E-state index in [9.17, 15) is 10.1 Å². The molecule has 1 aromatic heterocycles. The quantitative estimate of drug-likeness (QED) is 0.549. The summed E-state index contributed by atoms with van der Waals surface area (Å²) in [6, 6.07) is 1.88. The molecule has 1 aromatic rings. The van der Waals surface area contributed by atoms with Crippen LogP contribution in [0.2, 0.25) is 0 Å². The maximum atomic E-state index is 10.6. The minimum Gasteiger partial charge on any atom is -0.259 e. The van der Waals surface area contributed by atoms with Crippen LogP contribution in [0, 0.1) is 10.1 Å². The van der Waals surface area contributed by atoms with Crippen LogP contribution in [-0.4, -0.2) is 4.92 Å². The summed E-state index contributed by atoms with van der Waals surface area (Å²) in [5.74, 6) is 0. The molecule has 0 saturated carbocycles. The summed E-state index contributed by atoms with van der Waals surface area (Å²) >= 11 is 1.54. The lowest BCUT2D eigenvalue weighted by atomic mass is 10.2. The Morgan fingerprint density at radius 1 is 1.77 bits per heavy atom. The van der Waals surface area contributed by atoms with Crippen LogP contribution in [0.3, 0.4) is 0 Å². The van der Waals surface area contributed by atoms with Gasteiger partial charge in [0.05, 0.1) is 4.92 Å². The Morgan fingerprint density at radius 3 is 3.00 bits per heavy atom. The average Bonchev–Trinajstić information content (AvgIpc) is 2.56. The monoisotopic (exact) mass is 197 g/mol. The van der Waals surface area contributed by atoms with Gasteiger partial charge in [-0.15, -0.1) is 0 Å². The normalized spacial score (nSPS) is 11.6. The van der Waals surface area contributed by atoms with E-state index < -0.39 is 0 Å². The van der Waals surface area contributed by atoms with E-state index in [2.05, 4.69) is 0 Å². The van der Waals surface area contributed by atoms with Gasteiger partial charge in [0, 0.05) is 12.5 Å². The second-order valence-electron chi connectivity index (χ2n) is 2.70. The Morgan fingerprint density at radius 2 is 2.54 bits per heavy atom. The molecule has 1 rings (SSSR count). The first-order valence-corrected chi connectivity index (χ1v) is 5.05. The molecular weight excluding hydrogens is 186 g/mol. The zero-order chi connectivity index (χ0) is 9.68. The predicted octanol–water partition coefficient (Wildman–Crippen LogP) is 3.17. The van der Waals surface area contributed by atoms with E-state index in [4.69, 9.17) is 0 Å². The molecule has 4 heteroatoms. The first-order valence-electron chi connectivity index (χ1n) is 4.11. The van der Waals surface area contributed by atoms with Gasteiger partial charge in [-0.2, -0.15) is 11.3 Å². The number of hydrogen-bond acceptors (Lipinski definition) is 3. The fraction of sp³-hybridized carbons (Fsp3) is 0.333. The molecule has 3 nitrogen and oxygen atoms in total. The van der Waals surface area contributed by atoms with E-state index in [0.717, 1.165) is 12.0 Å². The molecule has 0 spiro atoms. The number of rotatable bonds is 4. The third kappa shape index (κ3) is 2.99. The minimum atomic E-state index is -0.304. The van der Waals surface area contributed by atoms with Crippen molar-refractivity contribution >= 4 is 17.4 Å². The Bertz CT molecular complexity index is 303. The zero-order valence-corrected chi connectivity index (χ0v) is 8.21. The van der Waals surface area contributed by atoms with E-state index in [1.165, 1.54) is 0 Å². The molecule has 0 unspecified atom stereocenters. The van der Waals surface area contributed by atoms with Crippen molar-refractivity contribution in [3.63, 3.8) is 0 Å². The van der Waals surface area contributed by atoms with Crippen LogP contribution in [0.5, 0.6) is 0 Å². The predicted molar refractivity (Wildman–Crippen MR) is 54.2 cm³/mol. The number of nitrogens with zero attached hydrogens (tertiary/aromatic N) is 1. The van der Waals surface area contributed by atoms with Gasteiger partial charge in [-0.05, 0) is 28.8 Å². The summed E-state index contributed by atoms with van der Waals surface area (Å²) in [7, 11) is 0. The molecule has 0 bridgehead atoms. The molecule has 0 aliphatic carbocycles. The fourth-order valence-corrected chi connectivity index (χ4v) is 1.64. The molecule has 0 radical (unpaired) electrons. The van der Waals surface area contributed by atoms with Crippen molar-refractivity contribution in [1.82, 2.24) is 0 Å². The van der Waals surface area contributed by atoms with Crippen molar-refractivity contribution in [2.45, 2.75) is 19.8 Å². The SMILES string of the molecule is CCCC(=Cc1ccsc1)[N+](=O)[O-]. The third-order valence-electron chi connectivity index (χ3n) is 1.62. The molecule has 0 amide bonds. The summed E-state index contributed by atoms with van der Waals surface area (Å²) in [5.41, 5.74) is 1.21. The molecule has 0 fully saturated rings. The fourth-order valence-electron chi connectivity index (χ4n) is 1.02. The lowest BCUT2D eigenvalue weighted by Gasteiger charge is -1.94. The minimum absolute atomic E-state index is 0.293. The average molecular weight is 197 g/mol. The van der Waals surface area contributed by atoms with E-state index in [1.54, 1.807) is 17.4 Å². The molecular formula is C9H11NO2S. The maximum absolute atomic E-state index is 10.6. The van der Waals surface area contributed by atoms with Gasteiger partial charge in [-0.3, -0.25) is 10.1 Å². The highest BCUT2D eigenvalue weighted by Gasteiger charge is 2.08. The van der Waals surface area contributed by atoms with E-state index in [1.807, 2.05) is 23.8 Å². The summed E-state index contributed by atoms with van der Waals surface area (Å²) in [5, 5.41) is 14.4. The molecule has 0 aliphatic heterocycles. The van der Waals surface area contributed by atoms with Crippen molar-refractivity contribution in [2.24, 2.45) is 0 Å². The van der Waals surface area contributed by atoms with Crippen molar-refractivity contribution in [3.05, 3.63) is 38.2 Å². The molecule has 0 N–H and O–H groups in total. The molecule has 13 heavy (non-hydrogen) atoms. The summed E-state index contributed by atoms with van der Waals surface area (Å²) in [6.07, 6.45) is 2.97. The molecule has 0 aromatic carbocycles. The van der Waals surface area contributed by atoms with Crippen molar-refractivity contribution < 1.29 is 4.92 Å². The van der Waals surface area contributed by atoms with Gasteiger partial charge in [0.2, 0.25) is 5.70 Å². The highest BCUT2D eigenvalue weighted by molar-refractivity contribution is 7.08. The van der Waals surface area contributed by atoms with Gasteiger partial charge >= 0.3 is 0 Å². The Labute approximate surface area is 80.9 Å². The number of hydrogen-bond donors (Lipinski definition) is 0. The Hall–Kier alpha value is -1.16. The first-order chi connectivity index (χ1) is 6.24. The summed E-state index contributed by atoms with van der Waals surface area (Å²) in [4.78, 5) is 10.3. The van der Waals surface area contributed by atoms with Crippen LogP contribution in [0.15, 0.2) is 22.5 Å². The standard InChI is InChI=1S/C9H11NO2S/c1-2-3-9(10(11)12)6-8-4-5-13-7-8/h4-7H,2-3H2,1H3. The molecule has 0 aliphatic rings. The van der Waals surface area contributed by atoms with Crippen LogP contribution in [0.25, 0.3) is 6.08 Å². The van der Waals surface area contributed by atoms with Gasteiger partial charge in [0.25, 0.3) is 0 Å². The van der Waals surface area contributed by atoms with E-state index in [0.29, 0.717) is 12.1 Å². The van der Waals surface area contributed by atoms with E-state index in [-0.39, 0.29) is 4.92 Å². The van der Waals surface area contributed by atoms with Gasteiger partial charge in [0.1, 0.15) is 0 Å². The second kappa shape index (κ2) is 4.77. The topological polar surface area (TPSA) is 43.1 Å². The maximum Gasteiger partial charge on any atom is 0.246 e. The van der Waals surface area contributed by atoms with E-state index >= 15 is 0 Å². The third-order valence-corrected chi connectivity index (χ3v) is 2.32. The highest BCUT2D eigenvalue weighted by atomic mass is 32.1. The van der Waals surface area contributed by atoms with Crippen LogP contribution >= 0.6 is 11.3 Å². The van der Waals surface area contributed by atoms with Crippen molar-refractivity contribution in [2.75, 3.05) is 0 Å². The first kappa shape index (κ1) is 9.92. The highest BCUT2D eigenvalue weighted by Crippen LogP contribution is 2.14. The van der Waals surface area contributed by atoms with Crippen LogP contribution < -0.4 is 0 Å². The largest absolute Gasteiger partial charge is 0.259 e. The molecule has 0 atom stereocenters. The summed E-state index contributed by atoms with van der Waals surface area (Å²) < 4.78 is 0. The smallest absolute Gasteiger partial charge is 0.246 e. The van der Waals surface area contributed by atoms with Crippen LogP contribution in [0.1, 0.15) is 25.3 Å². The lowest BCUT2D eigenvalue weighted by molar-refractivity contribution is -0.426. The van der Waals surface area contributed by atoms with Gasteiger partial charge in [-0.25, -0.2) is 0 Å². The zero-order valence-electron chi connectivity index (χ0n) is 7.40. The Kier molecular flexibility index (Phi) is 3.64. The van der Waals surface area contributed by atoms with Crippen molar-refractivity contribution in [3.8, 4) is 0 Å². The molecule has 70 valence electrons. The second-order valence-corrected chi connectivity index (χ2v) is 3.48. The number of nitro groups is 1. The van der Waals surface area contributed by atoms with Crippen molar-refractivity contribution in [1.29, 1.82) is 0 Å². The Balaban J connectivity index is 2.80. The van der Waals surface area contributed by atoms with Crippen LogP contribution in [0.4, 0.5) is 0 Å². The van der Waals surface area contributed by atoms with Gasteiger partial charge in [0.15, 0.2) is 0 Å². The molecule has 1 heterocycles. The lowest BCUT2D eigenvalue weighted by Crippen LogP contribution is -1.97. The number of allylic oxidation sites excluding steroid dienone is 1. The molecule has 0 saturated heterocycles. The van der Waals surface area contributed by atoms with Crippen LogP contribution in [-0.2, 0) is 0 Å². The van der Waals surface area contributed by atoms with Gasteiger partial charge in [-0.1, -0.05) is 6.92 Å². The van der Waals surface area contributed by atoms with Gasteiger partial charge < -0.3 is 0 Å².